The van der Waals surface area contributed by atoms with Crippen molar-refractivity contribution in [3.05, 3.63) is 70.1 Å². The second-order valence-electron chi connectivity index (χ2n) is 5.21. The molecule has 0 aliphatic heterocycles. The highest BCUT2D eigenvalue weighted by Crippen LogP contribution is 2.44. The summed E-state index contributed by atoms with van der Waals surface area (Å²) in [5, 5.41) is 5.91. The molecule has 116 valence electrons. The molecular weight excluding hydrogens is 292 g/mol. The van der Waals surface area contributed by atoms with E-state index in [9.17, 15) is 4.79 Å². The molecule has 23 heavy (non-hydrogen) atoms. The molecule has 1 aliphatic rings. The molecule has 1 aliphatic carbocycles. The number of alkyl carbamates (subject to hydrolysis) is 1. The van der Waals surface area contributed by atoms with Gasteiger partial charge in [-0.15, -0.1) is 0 Å². The Balaban J connectivity index is 1.68. The second-order valence-corrected chi connectivity index (χ2v) is 5.21. The van der Waals surface area contributed by atoms with E-state index in [0.29, 0.717) is 0 Å². The Hall–Kier alpha value is -2.98. The first kappa shape index (κ1) is 14.9. The zero-order valence-electron chi connectivity index (χ0n) is 12.5. The van der Waals surface area contributed by atoms with Gasteiger partial charge in [0, 0.05) is 23.9 Å². The number of carbonyl (C=O) groups is 1. The van der Waals surface area contributed by atoms with E-state index < -0.39 is 6.09 Å². The molecule has 0 fully saturated rings. The highest BCUT2D eigenvalue weighted by molar-refractivity contribution is 5.79. The molecule has 2 aromatic rings. The Morgan fingerprint density at radius 3 is 2.35 bits per heavy atom. The predicted molar refractivity (Wildman–Crippen MR) is 87.1 cm³/mol. The number of benzene rings is 2. The van der Waals surface area contributed by atoms with E-state index in [-0.39, 0.29) is 25.6 Å². The lowest BCUT2D eigenvalue weighted by Crippen LogP contribution is -2.28. The fourth-order valence-corrected chi connectivity index (χ4v) is 2.90. The molecule has 0 saturated carbocycles. The topological polar surface area (TPSA) is 87.1 Å². The van der Waals surface area contributed by atoms with E-state index in [2.05, 4.69) is 39.6 Å². The summed E-state index contributed by atoms with van der Waals surface area (Å²) in [4.78, 5) is 14.3. The van der Waals surface area contributed by atoms with Crippen LogP contribution < -0.4 is 5.32 Å². The molecule has 1 amide bonds. The summed E-state index contributed by atoms with van der Waals surface area (Å²) in [6, 6.07) is 16.4. The molecule has 1 N–H and O–H groups in total. The molecule has 6 heteroatoms. The third-order valence-electron chi connectivity index (χ3n) is 3.89. The van der Waals surface area contributed by atoms with Crippen LogP contribution >= 0.6 is 0 Å². The highest BCUT2D eigenvalue weighted by atomic mass is 16.5. The Morgan fingerprint density at radius 1 is 1.13 bits per heavy atom. The van der Waals surface area contributed by atoms with Crippen LogP contribution in [0.25, 0.3) is 21.6 Å². The van der Waals surface area contributed by atoms with Gasteiger partial charge in [0.05, 0.1) is 0 Å². The molecule has 0 aromatic heterocycles. The number of hydrogen-bond acceptors (Lipinski definition) is 3. The van der Waals surface area contributed by atoms with Crippen molar-refractivity contribution in [2.75, 3.05) is 19.7 Å². The molecular formula is C17H16N4O2. The van der Waals surface area contributed by atoms with Gasteiger partial charge in [-0.1, -0.05) is 53.6 Å². The normalized spacial score (nSPS) is 12.0. The Bertz CT molecular complexity index is 723. The molecule has 0 heterocycles. The van der Waals surface area contributed by atoms with Crippen LogP contribution in [0.5, 0.6) is 0 Å². The number of azide groups is 1. The molecule has 0 saturated heterocycles. The quantitative estimate of drug-likeness (QED) is 0.394. The van der Waals surface area contributed by atoms with E-state index in [1.165, 1.54) is 22.3 Å². The van der Waals surface area contributed by atoms with Crippen molar-refractivity contribution in [3.63, 3.8) is 0 Å². The van der Waals surface area contributed by atoms with E-state index in [1.807, 2.05) is 24.3 Å². The molecule has 6 nitrogen and oxygen atoms in total. The second kappa shape index (κ2) is 6.85. The fraction of sp³-hybridized carbons (Fsp3) is 0.235. The van der Waals surface area contributed by atoms with Crippen molar-refractivity contribution in [3.8, 4) is 11.1 Å². The lowest BCUT2D eigenvalue weighted by Gasteiger charge is -2.14. The summed E-state index contributed by atoms with van der Waals surface area (Å²) in [5.41, 5.74) is 12.9. The van der Waals surface area contributed by atoms with Crippen LogP contribution in [-0.2, 0) is 4.74 Å². The third kappa shape index (κ3) is 3.12. The molecule has 0 atom stereocenters. The maximum atomic E-state index is 11.7. The van der Waals surface area contributed by atoms with Gasteiger partial charge in [0.15, 0.2) is 0 Å². The third-order valence-corrected chi connectivity index (χ3v) is 3.89. The largest absolute Gasteiger partial charge is 0.449 e. The van der Waals surface area contributed by atoms with Crippen LogP contribution in [0.2, 0.25) is 0 Å². The van der Waals surface area contributed by atoms with Crippen LogP contribution in [0.4, 0.5) is 4.79 Å². The number of rotatable bonds is 5. The molecule has 0 spiro atoms. The first-order valence-electron chi connectivity index (χ1n) is 7.41. The zero-order valence-corrected chi connectivity index (χ0v) is 12.5. The first-order chi connectivity index (χ1) is 11.3. The lowest BCUT2D eigenvalue weighted by atomic mass is 9.98. The number of nitrogens with zero attached hydrogens (tertiary/aromatic N) is 3. The van der Waals surface area contributed by atoms with Crippen LogP contribution in [-0.4, -0.2) is 25.8 Å². The number of carbonyl (C=O) groups excluding carboxylic acids is 1. The van der Waals surface area contributed by atoms with Crippen molar-refractivity contribution < 1.29 is 9.53 Å². The lowest BCUT2D eigenvalue weighted by molar-refractivity contribution is 0.143. The van der Waals surface area contributed by atoms with Gasteiger partial charge >= 0.3 is 6.09 Å². The number of ether oxygens (including phenoxy) is 1. The van der Waals surface area contributed by atoms with Gasteiger partial charge in [-0.3, -0.25) is 0 Å². The number of nitrogens with one attached hydrogen (secondary N) is 1. The first-order valence-corrected chi connectivity index (χ1v) is 7.41. The number of amides is 1. The van der Waals surface area contributed by atoms with Gasteiger partial charge < -0.3 is 10.1 Å². The van der Waals surface area contributed by atoms with Crippen molar-refractivity contribution in [2.45, 2.75) is 5.92 Å². The summed E-state index contributed by atoms with van der Waals surface area (Å²) in [7, 11) is 0. The predicted octanol–water partition coefficient (Wildman–Crippen LogP) is 3.84. The van der Waals surface area contributed by atoms with Gasteiger partial charge in [0.25, 0.3) is 0 Å². The molecule has 2 aromatic carbocycles. The zero-order chi connectivity index (χ0) is 16.1. The molecule has 0 bridgehead atoms. The van der Waals surface area contributed by atoms with Crippen LogP contribution in [0.3, 0.4) is 0 Å². The summed E-state index contributed by atoms with van der Waals surface area (Å²) in [6.45, 7) is 0.753. The van der Waals surface area contributed by atoms with E-state index in [4.69, 9.17) is 10.3 Å². The molecule has 0 radical (unpaired) electrons. The molecule has 0 unspecified atom stereocenters. The Labute approximate surface area is 133 Å². The minimum Gasteiger partial charge on any atom is -0.449 e. The maximum absolute atomic E-state index is 11.7. The monoisotopic (exact) mass is 308 g/mol. The summed E-state index contributed by atoms with van der Waals surface area (Å²) in [6.07, 6.45) is -0.500. The van der Waals surface area contributed by atoms with Crippen LogP contribution in [0.1, 0.15) is 17.0 Å². The fourth-order valence-electron chi connectivity index (χ4n) is 2.90. The van der Waals surface area contributed by atoms with Crippen molar-refractivity contribution in [1.82, 2.24) is 5.32 Å². The van der Waals surface area contributed by atoms with E-state index in [0.717, 1.165) is 0 Å². The minimum atomic E-state index is -0.500. The maximum Gasteiger partial charge on any atom is 0.407 e. The van der Waals surface area contributed by atoms with E-state index >= 15 is 0 Å². The Kier molecular flexibility index (Phi) is 4.45. The minimum absolute atomic E-state index is 0.0466. The number of hydrogen-bond donors (Lipinski definition) is 1. The van der Waals surface area contributed by atoms with Crippen LogP contribution in [0, 0.1) is 0 Å². The smallest absolute Gasteiger partial charge is 0.407 e. The molecule has 3 rings (SSSR count). The van der Waals surface area contributed by atoms with Gasteiger partial charge in [-0.25, -0.2) is 4.79 Å². The average Bonchev–Trinajstić information content (AvgIpc) is 2.91. The van der Waals surface area contributed by atoms with Crippen molar-refractivity contribution in [1.29, 1.82) is 0 Å². The van der Waals surface area contributed by atoms with Crippen molar-refractivity contribution in [2.24, 2.45) is 5.11 Å². The van der Waals surface area contributed by atoms with Gasteiger partial charge in [0.1, 0.15) is 6.61 Å². The van der Waals surface area contributed by atoms with Gasteiger partial charge in [0.2, 0.25) is 0 Å². The Morgan fingerprint density at radius 2 is 1.74 bits per heavy atom. The average molecular weight is 308 g/mol. The summed E-state index contributed by atoms with van der Waals surface area (Å²) >= 11 is 0. The van der Waals surface area contributed by atoms with Gasteiger partial charge in [-0.05, 0) is 27.8 Å². The SMILES string of the molecule is [N-]=[N+]=NCCNC(=O)OCC1c2ccccc2-c2ccccc21. The number of fused-ring (bicyclic) bond motifs is 3. The van der Waals surface area contributed by atoms with Crippen molar-refractivity contribution >= 4 is 6.09 Å². The summed E-state index contributed by atoms with van der Waals surface area (Å²) < 4.78 is 5.34. The summed E-state index contributed by atoms with van der Waals surface area (Å²) in [5.74, 6) is 0.0466. The standard InChI is InChI=1S/C17H16N4O2/c18-21-20-10-9-19-17(22)23-11-16-14-7-3-1-5-12(14)13-6-2-4-8-15(13)16/h1-8,16H,9-11H2,(H,19,22). The van der Waals surface area contributed by atoms with E-state index in [1.54, 1.807) is 0 Å². The highest BCUT2D eigenvalue weighted by Gasteiger charge is 2.28. The van der Waals surface area contributed by atoms with Gasteiger partial charge in [-0.2, -0.15) is 0 Å². The van der Waals surface area contributed by atoms with Crippen LogP contribution in [0.15, 0.2) is 53.6 Å².